The van der Waals surface area contributed by atoms with Crippen molar-refractivity contribution in [3.05, 3.63) is 29.5 Å². The predicted octanol–water partition coefficient (Wildman–Crippen LogP) is 2.06. The van der Waals surface area contributed by atoms with Gasteiger partial charge in [-0.2, -0.15) is 13.2 Å². The van der Waals surface area contributed by atoms with E-state index in [4.69, 9.17) is 5.73 Å². The third kappa shape index (κ3) is 4.31. The Morgan fingerprint density at radius 1 is 1.16 bits per heavy atom. The van der Waals surface area contributed by atoms with Gasteiger partial charge >= 0.3 is 6.18 Å². The molecular formula is C19H23F5N6O. The summed E-state index contributed by atoms with van der Waals surface area (Å²) in [6, 6.07) is 2.51. The number of hydrogen-bond donors (Lipinski definition) is 2. The average molecular weight is 446 g/mol. The Morgan fingerprint density at radius 3 is 2.39 bits per heavy atom. The van der Waals surface area contributed by atoms with E-state index < -0.39 is 43.3 Å². The van der Waals surface area contributed by atoms with Crippen molar-refractivity contribution >= 4 is 17.4 Å². The van der Waals surface area contributed by atoms with E-state index in [0.29, 0.717) is 25.9 Å². The van der Waals surface area contributed by atoms with Crippen LogP contribution in [0.4, 0.5) is 27.8 Å². The number of nitrogens with two attached hydrogens (primary N) is 1. The Labute approximate surface area is 175 Å². The molecule has 4 rings (SSSR count). The van der Waals surface area contributed by atoms with Crippen molar-refractivity contribution in [3.63, 3.8) is 0 Å². The number of aliphatic hydroxyl groups is 1. The van der Waals surface area contributed by atoms with Gasteiger partial charge < -0.3 is 20.6 Å². The van der Waals surface area contributed by atoms with Crippen molar-refractivity contribution in [1.29, 1.82) is 0 Å². The molecule has 3 aliphatic rings. The van der Waals surface area contributed by atoms with E-state index in [0.717, 1.165) is 0 Å². The van der Waals surface area contributed by atoms with Crippen molar-refractivity contribution in [1.82, 2.24) is 19.7 Å². The fourth-order valence-electron chi connectivity index (χ4n) is 4.05. The van der Waals surface area contributed by atoms with Crippen LogP contribution < -0.4 is 5.73 Å². The molecule has 2 saturated heterocycles. The summed E-state index contributed by atoms with van der Waals surface area (Å²) in [5.41, 5.74) is 4.31. The highest BCUT2D eigenvalue weighted by molar-refractivity contribution is 6.01. The molecule has 0 radical (unpaired) electrons. The fraction of sp³-hybridized carbons (Fsp3) is 0.579. The minimum absolute atomic E-state index is 0.163. The molecule has 0 saturated carbocycles. The molecule has 1 aromatic heterocycles. The van der Waals surface area contributed by atoms with Crippen LogP contribution in [0.15, 0.2) is 23.2 Å². The zero-order valence-electron chi connectivity index (χ0n) is 16.8. The van der Waals surface area contributed by atoms with Gasteiger partial charge in [0, 0.05) is 31.8 Å². The van der Waals surface area contributed by atoms with Crippen LogP contribution in [0.5, 0.6) is 0 Å². The molecule has 7 nitrogen and oxygen atoms in total. The molecule has 12 heteroatoms. The number of aromatic nitrogens is 1. The summed E-state index contributed by atoms with van der Waals surface area (Å²) in [4.78, 5) is 12.9. The van der Waals surface area contributed by atoms with Gasteiger partial charge in [0.1, 0.15) is 11.7 Å². The molecule has 4 heterocycles. The topological polar surface area (TPSA) is 81.2 Å². The average Bonchev–Trinajstić information content (AvgIpc) is 2.66. The molecule has 3 N–H and O–H groups in total. The highest BCUT2D eigenvalue weighted by atomic mass is 19.4. The molecule has 31 heavy (non-hydrogen) atoms. The van der Waals surface area contributed by atoms with E-state index in [2.05, 4.69) is 9.98 Å². The first-order valence-electron chi connectivity index (χ1n) is 9.86. The fourth-order valence-corrected chi connectivity index (χ4v) is 4.05. The Balaban J connectivity index is 1.75. The number of hydrogen-bond acceptors (Lipinski definition) is 7. The molecule has 170 valence electrons. The Hall–Kier alpha value is -2.47. The molecule has 0 spiro atoms. The van der Waals surface area contributed by atoms with E-state index in [1.165, 1.54) is 23.1 Å². The molecule has 0 bridgehead atoms. The first-order valence-corrected chi connectivity index (χ1v) is 9.86. The van der Waals surface area contributed by atoms with Crippen molar-refractivity contribution in [2.75, 3.05) is 39.0 Å². The third-order valence-corrected chi connectivity index (χ3v) is 5.70. The summed E-state index contributed by atoms with van der Waals surface area (Å²) in [5, 5.41) is 9.79. The predicted molar refractivity (Wildman–Crippen MR) is 104 cm³/mol. The molecule has 0 aromatic carbocycles. The van der Waals surface area contributed by atoms with Crippen molar-refractivity contribution in [2.24, 2.45) is 4.99 Å². The van der Waals surface area contributed by atoms with Crippen LogP contribution >= 0.6 is 0 Å². The van der Waals surface area contributed by atoms with Crippen LogP contribution in [0.2, 0.25) is 0 Å². The van der Waals surface area contributed by atoms with Crippen LogP contribution in [-0.2, 0) is 6.18 Å². The summed E-state index contributed by atoms with van der Waals surface area (Å²) < 4.78 is 68.0. The van der Waals surface area contributed by atoms with Crippen molar-refractivity contribution in [3.8, 4) is 0 Å². The molecule has 1 unspecified atom stereocenters. The van der Waals surface area contributed by atoms with Gasteiger partial charge in [-0.25, -0.2) is 18.8 Å². The number of halogens is 5. The number of pyridine rings is 1. The first-order chi connectivity index (χ1) is 14.4. The van der Waals surface area contributed by atoms with Crippen LogP contribution in [0, 0.1) is 0 Å². The van der Waals surface area contributed by atoms with E-state index in [-0.39, 0.29) is 22.9 Å². The van der Waals surface area contributed by atoms with Crippen LogP contribution in [0.3, 0.4) is 0 Å². The smallest absolute Gasteiger partial charge is 0.393 e. The maximum atomic E-state index is 13.7. The minimum atomic E-state index is -4.75. The zero-order valence-corrected chi connectivity index (χ0v) is 16.8. The highest BCUT2D eigenvalue weighted by Gasteiger charge is 2.47. The lowest BCUT2D eigenvalue weighted by Crippen LogP contribution is -2.60. The number of piperidine rings is 1. The number of likely N-dealkylation sites (tertiary alicyclic amines) is 2. The van der Waals surface area contributed by atoms with Gasteiger partial charge in [-0.15, -0.1) is 0 Å². The molecular weight excluding hydrogens is 423 g/mol. The molecule has 0 aliphatic carbocycles. The number of alkyl halides is 5. The van der Waals surface area contributed by atoms with E-state index in [1.54, 1.807) is 11.9 Å². The summed E-state index contributed by atoms with van der Waals surface area (Å²) in [7, 11) is 1.60. The first kappa shape index (κ1) is 21.8. The standard InChI is InChI=1S/C19H23F5N6O/c1-28-13(12-2-3-14(25)26-16(12)19(22,23)24)8-15(30-9-18(20,21)10-30)27-17(28)29-6-4-11(31)5-7-29/h2-3,8,11,17,31H,4-7,9-10H2,1H3,(H2,25,26). The molecule has 1 aromatic rings. The number of anilines is 1. The van der Waals surface area contributed by atoms with Crippen molar-refractivity contribution in [2.45, 2.75) is 37.3 Å². The molecule has 3 aliphatic heterocycles. The number of nitrogens with zero attached hydrogens (tertiary/aromatic N) is 5. The van der Waals surface area contributed by atoms with E-state index in [9.17, 15) is 27.1 Å². The largest absolute Gasteiger partial charge is 0.434 e. The number of aliphatic imine (C=N–C) groups is 1. The number of rotatable bonds is 2. The second kappa shape index (κ2) is 7.59. The van der Waals surface area contributed by atoms with Gasteiger partial charge in [0.15, 0.2) is 12.0 Å². The summed E-state index contributed by atoms with van der Waals surface area (Å²) in [6.45, 7) is -0.140. The van der Waals surface area contributed by atoms with Gasteiger partial charge in [-0.3, -0.25) is 4.90 Å². The molecule has 0 amide bonds. The highest BCUT2D eigenvalue weighted by Crippen LogP contribution is 2.38. The van der Waals surface area contributed by atoms with Gasteiger partial charge in [-0.1, -0.05) is 0 Å². The van der Waals surface area contributed by atoms with Crippen LogP contribution in [0.25, 0.3) is 5.70 Å². The van der Waals surface area contributed by atoms with Gasteiger partial charge in [0.2, 0.25) is 0 Å². The zero-order chi connectivity index (χ0) is 22.6. The Bertz CT molecular complexity index is 902. The quantitative estimate of drug-likeness (QED) is 0.677. The molecule has 1 atom stereocenters. The second-order valence-corrected chi connectivity index (χ2v) is 8.08. The van der Waals surface area contributed by atoms with Crippen LogP contribution in [-0.4, -0.2) is 82.2 Å². The van der Waals surface area contributed by atoms with E-state index in [1.807, 2.05) is 4.90 Å². The monoisotopic (exact) mass is 446 g/mol. The summed E-state index contributed by atoms with van der Waals surface area (Å²) in [6.07, 6.45) is -3.53. The lowest BCUT2D eigenvalue weighted by atomic mass is 10.0. The summed E-state index contributed by atoms with van der Waals surface area (Å²) >= 11 is 0. The lowest BCUT2D eigenvalue weighted by Gasteiger charge is -2.46. The lowest BCUT2D eigenvalue weighted by molar-refractivity contribution is -0.141. The van der Waals surface area contributed by atoms with Gasteiger partial charge in [0.25, 0.3) is 5.92 Å². The third-order valence-electron chi connectivity index (χ3n) is 5.70. The van der Waals surface area contributed by atoms with Gasteiger partial charge in [-0.05, 0) is 25.0 Å². The van der Waals surface area contributed by atoms with Crippen LogP contribution in [0.1, 0.15) is 24.1 Å². The second-order valence-electron chi connectivity index (χ2n) is 8.08. The maximum Gasteiger partial charge on any atom is 0.434 e. The molecule has 2 fully saturated rings. The number of amidine groups is 1. The minimum Gasteiger partial charge on any atom is -0.393 e. The number of aliphatic hydroxyl groups excluding tert-OH is 1. The number of nitrogen functional groups attached to an aromatic ring is 1. The Kier molecular flexibility index (Phi) is 5.32. The Morgan fingerprint density at radius 2 is 1.81 bits per heavy atom. The normalized spacial score (nSPS) is 25.2. The van der Waals surface area contributed by atoms with Crippen molar-refractivity contribution < 1.29 is 27.1 Å². The SMILES string of the molecule is CN1C(c2ccc(N)nc2C(F)(F)F)=CC(N2CC(F)(F)C2)=NC1N1CCC(O)CC1. The maximum absolute atomic E-state index is 13.7. The summed E-state index contributed by atoms with van der Waals surface area (Å²) in [5.74, 6) is -2.93. The van der Waals surface area contributed by atoms with E-state index >= 15 is 0 Å². The van der Waals surface area contributed by atoms with Gasteiger partial charge in [0.05, 0.1) is 24.9 Å².